The average molecular weight is 337 g/mol. The fraction of sp³-hybridized carbons (Fsp3) is 0.227. The highest BCUT2D eigenvalue weighted by Crippen LogP contribution is 2.25. The zero-order chi connectivity index (χ0) is 17.6. The molecule has 0 spiro atoms. The second-order valence-electron chi connectivity index (χ2n) is 6.23. The van der Waals surface area contributed by atoms with Crippen LogP contribution in [0, 0.1) is 11.8 Å². The van der Waals surface area contributed by atoms with Crippen LogP contribution in [0.3, 0.4) is 0 Å². The Kier molecular flexibility index (Phi) is 5.54. The third-order valence-electron chi connectivity index (χ3n) is 4.37. The number of hydrogen-bond acceptors (Lipinski definition) is 1. The minimum atomic E-state index is -1.07. The molecule has 0 aliphatic heterocycles. The van der Waals surface area contributed by atoms with Crippen LogP contribution >= 0.6 is 0 Å². The molecule has 0 saturated carbocycles. The highest BCUT2D eigenvalue weighted by atomic mass is 19.2. The zero-order valence-electron chi connectivity index (χ0n) is 14.3. The second-order valence-corrected chi connectivity index (χ2v) is 6.23. The molecule has 25 heavy (non-hydrogen) atoms. The minimum absolute atomic E-state index is 0.566. The Bertz CT molecular complexity index is 824. The van der Waals surface area contributed by atoms with Crippen molar-refractivity contribution in [1.29, 1.82) is 0 Å². The van der Waals surface area contributed by atoms with E-state index >= 15 is 0 Å². The number of unbranched alkanes of at least 4 members (excludes halogenated alkanes) is 2. The molecule has 0 amide bonds. The van der Waals surface area contributed by atoms with Crippen molar-refractivity contribution < 1.29 is 8.78 Å². The van der Waals surface area contributed by atoms with Gasteiger partial charge in [-0.2, -0.15) is 4.39 Å². The highest BCUT2D eigenvalue weighted by Gasteiger charge is 2.06. The van der Waals surface area contributed by atoms with Crippen LogP contribution in [0.2, 0.25) is 0 Å². The van der Waals surface area contributed by atoms with Crippen molar-refractivity contribution in [3.63, 3.8) is 0 Å². The van der Waals surface area contributed by atoms with Crippen LogP contribution in [0.25, 0.3) is 22.3 Å². The van der Waals surface area contributed by atoms with Gasteiger partial charge in [0, 0.05) is 11.8 Å². The summed E-state index contributed by atoms with van der Waals surface area (Å²) < 4.78 is 26.3. The third kappa shape index (κ3) is 4.30. The number of benzene rings is 2. The molecule has 0 aliphatic rings. The maximum absolute atomic E-state index is 13.3. The van der Waals surface area contributed by atoms with E-state index in [-0.39, 0.29) is 0 Å². The van der Waals surface area contributed by atoms with Crippen LogP contribution in [-0.2, 0) is 6.42 Å². The molecule has 2 aromatic carbocycles. The van der Waals surface area contributed by atoms with Crippen molar-refractivity contribution in [2.24, 2.45) is 0 Å². The number of aromatic nitrogens is 1. The minimum Gasteiger partial charge on any atom is -0.225 e. The zero-order valence-corrected chi connectivity index (χ0v) is 14.3. The first kappa shape index (κ1) is 17.3. The quantitative estimate of drug-likeness (QED) is 0.373. The van der Waals surface area contributed by atoms with Crippen LogP contribution in [0.4, 0.5) is 8.78 Å². The van der Waals surface area contributed by atoms with Gasteiger partial charge in [-0.05, 0) is 41.2 Å². The summed E-state index contributed by atoms with van der Waals surface area (Å²) in [5, 5.41) is 0. The van der Waals surface area contributed by atoms with Crippen molar-refractivity contribution in [2.75, 3.05) is 0 Å². The first-order chi connectivity index (χ1) is 12.2. The fourth-order valence-corrected chi connectivity index (χ4v) is 2.88. The molecule has 3 aromatic rings. The maximum atomic E-state index is 13.3. The van der Waals surface area contributed by atoms with E-state index < -0.39 is 11.8 Å². The molecule has 0 fully saturated rings. The van der Waals surface area contributed by atoms with Gasteiger partial charge in [0.1, 0.15) is 0 Å². The van der Waals surface area contributed by atoms with E-state index in [0.717, 1.165) is 23.1 Å². The molecule has 1 nitrogen and oxygen atoms in total. The van der Waals surface area contributed by atoms with Crippen LogP contribution in [0.1, 0.15) is 31.7 Å². The average Bonchev–Trinajstić information content (AvgIpc) is 2.65. The summed E-state index contributed by atoms with van der Waals surface area (Å²) in [6, 6.07) is 17.6. The molecule has 0 unspecified atom stereocenters. The molecule has 1 aromatic heterocycles. The molecule has 0 atom stereocenters. The molecule has 0 N–H and O–H groups in total. The van der Waals surface area contributed by atoms with E-state index in [0.29, 0.717) is 5.56 Å². The summed E-state index contributed by atoms with van der Waals surface area (Å²) >= 11 is 0. The van der Waals surface area contributed by atoms with Gasteiger partial charge in [-0.25, -0.2) is 9.37 Å². The summed E-state index contributed by atoms with van der Waals surface area (Å²) in [7, 11) is 0. The molecule has 0 aliphatic carbocycles. The third-order valence-corrected chi connectivity index (χ3v) is 4.37. The standard InChI is InChI=1S/C22H21F2N/c1-2-3-4-5-16-6-8-17(9-7-16)18-10-12-19(13-11-18)20-14-21(23)22(24)25-15-20/h6-15H,2-5H2,1H3. The summed E-state index contributed by atoms with van der Waals surface area (Å²) in [4.78, 5) is 3.43. The lowest BCUT2D eigenvalue weighted by atomic mass is 9.99. The lowest BCUT2D eigenvalue weighted by Gasteiger charge is -2.07. The Hall–Kier alpha value is -2.55. The molecular weight excluding hydrogens is 316 g/mol. The molecule has 128 valence electrons. The number of halogens is 2. The van der Waals surface area contributed by atoms with Crippen molar-refractivity contribution >= 4 is 0 Å². The van der Waals surface area contributed by atoms with Crippen LogP contribution in [0.5, 0.6) is 0 Å². The molecule has 1 heterocycles. The van der Waals surface area contributed by atoms with Crippen molar-refractivity contribution in [1.82, 2.24) is 4.98 Å². The number of rotatable bonds is 6. The lowest BCUT2D eigenvalue weighted by molar-refractivity contribution is 0.480. The summed E-state index contributed by atoms with van der Waals surface area (Å²) in [6.07, 6.45) is 6.20. The predicted octanol–water partition coefficient (Wildman–Crippen LogP) is 6.43. The van der Waals surface area contributed by atoms with Crippen LogP contribution in [-0.4, -0.2) is 4.98 Å². The summed E-state index contributed by atoms with van der Waals surface area (Å²) in [5.41, 5.74) is 4.98. The molecular formula is C22H21F2N. The normalized spacial score (nSPS) is 10.8. The predicted molar refractivity (Wildman–Crippen MR) is 98.3 cm³/mol. The Morgan fingerprint density at radius 1 is 0.760 bits per heavy atom. The van der Waals surface area contributed by atoms with Gasteiger partial charge < -0.3 is 0 Å². The van der Waals surface area contributed by atoms with Gasteiger partial charge in [-0.3, -0.25) is 0 Å². The molecule has 3 heteroatoms. The van der Waals surface area contributed by atoms with E-state index in [1.54, 1.807) is 0 Å². The highest BCUT2D eigenvalue weighted by molar-refractivity contribution is 5.70. The Morgan fingerprint density at radius 2 is 1.32 bits per heavy atom. The topological polar surface area (TPSA) is 12.9 Å². The maximum Gasteiger partial charge on any atom is 0.248 e. The summed E-state index contributed by atoms with van der Waals surface area (Å²) in [5.74, 6) is -2.00. The van der Waals surface area contributed by atoms with Crippen molar-refractivity contribution in [3.8, 4) is 22.3 Å². The lowest BCUT2D eigenvalue weighted by Crippen LogP contribution is -1.90. The van der Waals surface area contributed by atoms with E-state index in [1.165, 1.54) is 37.1 Å². The fourth-order valence-electron chi connectivity index (χ4n) is 2.88. The number of hydrogen-bond donors (Lipinski definition) is 0. The first-order valence-corrected chi connectivity index (χ1v) is 8.68. The van der Waals surface area contributed by atoms with Gasteiger partial charge in [0.2, 0.25) is 5.95 Å². The van der Waals surface area contributed by atoms with Crippen LogP contribution < -0.4 is 0 Å². The Morgan fingerprint density at radius 3 is 1.88 bits per heavy atom. The van der Waals surface area contributed by atoms with E-state index in [1.807, 2.05) is 24.3 Å². The Balaban J connectivity index is 1.74. The smallest absolute Gasteiger partial charge is 0.225 e. The summed E-state index contributed by atoms with van der Waals surface area (Å²) in [6.45, 7) is 2.21. The number of aryl methyl sites for hydroxylation is 1. The van der Waals surface area contributed by atoms with Gasteiger partial charge >= 0.3 is 0 Å². The van der Waals surface area contributed by atoms with Crippen molar-refractivity contribution in [2.45, 2.75) is 32.6 Å². The van der Waals surface area contributed by atoms with Gasteiger partial charge in [0.15, 0.2) is 5.82 Å². The molecule has 0 radical (unpaired) electrons. The molecule has 3 rings (SSSR count). The van der Waals surface area contributed by atoms with Gasteiger partial charge in [-0.1, -0.05) is 68.3 Å². The van der Waals surface area contributed by atoms with Crippen molar-refractivity contribution in [3.05, 3.63) is 78.1 Å². The van der Waals surface area contributed by atoms with E-state index in [9.17, 15) is 8.78 Å². The SMILES string of the molecule is CCCCCc1ccc(-c2ccc(-c3cnc(F)c(F)c3)cc2)cc1. The molecule has 0 bridgehead atoms. The number of nitrogens with zero attached hydrogens (tertiary/aromatic N) is 1. The first-order valence-electron chi connectivity index (χ1n) is 8.68. The Labute approximate surface area is 147 Å². The monoisotopic (exact) mass is 337 g/mol. The van der Waals surface area contributed by atoms with Gasteiger partial charge in [-0.15, -0.1) is 0 Å². The largest absolute Gasteiger partial charge is 0.248 e. The van der Waals surface area contributed by atoms with E-state index in [4.69, 9.17) is 0 Å². The van der Waals surface area contributed by atoms with E-state index in [2.05, 4.69) is 36.2 Å². The number of pyridine rings is 1. The van der Waals surface area contributed by atoms with Crippen LogP contribution in [0.15, 0.2) is 60.8 Å². The second kappa shape index (κ2) is 8.02. The van der Waals surface area contributed by atoms with Gasteiger partial charge in [0.25, 0.3) is 0 Å². The molecule has 0 saturated heterocycles. The van der Waals surface area contributed by atoms with Gasteiger partial charge in [0.05, 0.1) is 0 Å².